The maximum absolute atomic E-state index is 13.6. The lowest BCUT2D eigenvalue weighted by Crippen LogP contribution is -2.14. The number of pyridine rings is 1. The minimum Gasteiger partial charge on any atom is -0.486 e. The summed E-state index contributed by atoms with van der Waals surface area (Å²) in [5.41, 5.74) is 6.34. The molecule has 1 aromatic heterocycles. The van der Waals surface area contributed by atoms with E-state index in [1.54, 1.807) is 18.3 Å². The van der Waals surface area contributed by atoms with Gasteiger partial charge in [0.2, 0.25) is 0 Å². The van der Waals surface area contributed by atoms with Crippen molar-refractivity contribution in [3.8, 4) is 5.75 Å². The van der Waals surface area contributed by atoms with Crippen molar-refractivity contribution in [2.75, 3.05) is 0 Å². The number of halogens is 2. The summed E-state index contributed by atoms with van der Waals surface area (Å²) in [4.78, 5) is 4.13. The molecule has 19 heavy (non-hydrogen) atoms. The molecule has 0 aliphatic heterocycles. The zero-order valence-electron chi connectivity index (χ0n) is 9.77. The van der Waals surface area contributed by atoms with Gasteiger partial charge in [-0.1, -0.05) is 18.3 Å². The van der Waals surface area contributed by atoms with Gasteiger partial charge in [-0.15, -0.1) is 0 Å². The van der Waals surface area contributed by atoms with Gasteiger partial charge in [0.15, 0.2) is 0 Å². The summed E-state index contributed by atoms with van der Waals surface area (Å²) < 4.78 is 20.0. The molecule has 0 aliphatic carbocycles. The first-order valence-corrected chi connectivity index (χ1v) is 6.59. The van der Waals surface area contributed by atoms with E-state index in [1.165, 1.54) is 6.07 Å². The average molecular weight is 341 g/mol. The number of nitrogens with two attached hydrogens (primary N) is 1. The Balaban J connectivity index is 2.18. The van der Waals surface area contributed by atoms with Crippen molar-refractivity contribution in [1.82, 2.24) is 4.98 Å². The molecule has 2 rings (SSSR count). The summed E-state index contributed by atoms with van der Waals surface area (Å²) in [6, 6.07) is 8.12. The normalized spacial score (nSPS) is 10.2. The minimum absolute atomic E-state index is 0.0307. The summed E-state index contributed by atoms with van der Waals surface area (Å²) in [6.07, 6.45) is 1.67. The van der Waals surface area contributed by atoms with Crippen LogP contribution in [0.15, 0.2) is 41.0 Å². The van der Waals surface area contributed by atoms with E-state index in [-0.39, 0.29) is 17.2 Å². The fourth-order valence-corrected chi connectivity index (χ4v) is 1.94. The van der Waals surface area contributed by atoms with Crippen molar-refractivity contribution in [3.63, 3.8) is 0 Å². The van der Waals surface area contributed by atoms with Crippen molar-refractivity contribution in [1.29, 1.82) is 0 Å². The molecule has 1 aromatic carbocycles. The molecular weight excluding hydrogens is 331 g/mol. The Morgan fingerprint density at radius 3 is 2.79 bits per heavy atom. The van der Waals surface area contributed by atoms with Crippen molar-refractivity contribution in [2.45, 2.75) is 6.61 Å². The molecule has 2 aromatic rings. The quantitative estimate of drug-likeness (QED) is 0.868. The Labute approximate surface area is 123 Å². The number of aromatic nitrogens is 1. The molecule has 0 saturated heterocycles. The number of hydrogen-bond donors (Lipinski definition) is 1. The van der Waals surface area contributed by atoms with Crippen LogP contribution in [0.5, 0.6) is 5.75 Å². The molecule has 0 saturated carbocycles. The summed E-state index contributed by atoms with van der Waals surface area (Å²) in [5.74, 6) is -0.175. The van der Waals surface area contributed by atoms with Crippen molar-refractivity contribution >= 4 is 33.1 Å². The molecule has 0 amide bonds. The van der Waals surface area contributed by atoms with E-state index in [0.717, 1.165) is 10.2 Å². The largest absolute Gasteiger partial charge is 0.486 e. The fourth-order valence-electron chi connectivity index (χ4n) is 1.51. The monoisotopic (exact) mass is 340 g/mol. The molecule has 2 N–H and O–H groups in total. The zero-order valence-corrected chi connectivity index (χ0v) is 12.2. The van der Waals surface area contributed by atoms with Crippen LogP contribution < -0.4 is 10.5 Å². The highest BCUT2D eigenvalue weighted by Gasteiger charge is 2.12. The van der Waals surface area contributed by atoms with Gasteiger partial charge in [0.1, 0.15) is 23.2 Å². The van der Waals surface area contributed by atoms with Crippen LogP contribution in [0.4, 0.5) is 4.39 Å². The SMILES string of the molecule is NC(=S)c1c(F)cccc1OCc1ccc(Br)cn1. The van der Waals surface area contributed by atoms with Crippen LogP contribution in [0.1, 0.15) is 11.3 Å². The Morgan fingerprint density at radius 2 is 2.16 bits per heavy atom. The maximum atomic E-state index is 13.6. The number of rotatable bonds is 4. The van der Waals surface area contributed by atoms with Crippen molar-refractivity contribution in [2.24, 2.45) is 5.73 Å². The second kappa shape index (κ2) is 6.08. The number of thiocarbonyl (C=S) groups is 1. The van der Waals surface area contributed by atoms with E-state index in [1.807, 2.05) is 12.1 Å². The number of ether oxygens (including phenoxy) is 1. The highest BCUT2D eigenvalue weighted by molar-refractivity contribution is 9.10. The average Bonchev–Trinajstić information content (AvgIpc) is 2.37. The molecule has 0 fully saturated rings. The third kappa shape index (κ3) is 3.48. The molecule has 0 radical (unpaired) electrons. The molecular formula is C13H10BrFN2OS. The topological polar surface area (TPSA) is 48.1 Å². The Bertz CT molecular complexity index is 604. The Hall–Kier alpha value is -1.53. The first-order chi connectivity index (χ1) is 9.08. The second-order valence-corrected chi connectivity index (χ2v) is 5.09. The summed E-state index contributed by atoms with van der Waals surface area (Å²) >= 11 is 8.12. The van der Waals surface area contributed by atoms with Gasteiger partial charge in [-0.05, 0) is 40.2 Å². The number of nitrogens with zero attached hydrogens (tertiary/aromatic N) is 1. The van der Waals surface area contributed by atoms with Gasteiger partial charge in [-0.3, -0.25) is 4.98 Å². The van der Waals surface area contributed by atoms with E-state index < -0.39 is 5.82 Å². The van der Waals surface area contributed by atoms with Gasteiger partial charge >= 0.3 is 0 Å². The Morgan fingerprint density at radius 1 is 1.37 bits per heavy atom. The van der Waals surface area contributed by atoms with E-state index in [9.17, 15) is 4.39 Å². The van der Waals surface area contributed by atoms with Crippen LogP contribution >= 0.6 is 28.1 Å². The Kier molecular flexibility index (Phi) is 4.44. The van der Waals surface area contributed by atoms with Crippen LogP contribution in [-0.4, -0.2) is 9.97 Å². The predicted octanol–water partition coefficient (Wildman–Crippen LogP) is 3.20. The molecule has 0 spiro atoms. The van der Waals surface area contributed by atoms with Gasteiger partial charge in [-0.2, -0.15) is 0 Å². The first kappa shape index (κ1) is 13.9. The highest BCUT2D eigenvalue weighted by atomic mass is 79.9. The van der Waals surface area contributed by atoms with Crippen molar-refractivity contribution < 1.29 is 9.13 Å². The van der Waals surface area contributed by atoms with Gasteiger partial charge in [0.25, 0.3) is 0 Å². The molecule has 0 unspecified atom stereocenters. The number of benzene rings is 1. The van der Waals surface area contributed by atoms with Gasteiger partial charge in [0, 0.05) is 10.7 Å². The molecule has 0 atom stereocenters. The van der Waals surface area contributed by atoms with Crippen LogP contribution in [0.3, 0.4) is 0 Å². The third-order valence-corrected chi connectivity index (χ3v) is 3.06. The molecule has 0 aliphatic rings. The fraction of sp³-hybridized carbons (Fsp3) is 0.0769. The first-order valence-electron chi connectivity index (χ1n) is 5.39. The summed E-state index contributed by atoms with van der Waals surface area (Å²) in [7, 11) is 0. The molecule has 98 valence electrons. The molecule has 1 heterocycles. The summed E-state index contributed by atoms with van der Waals surface area (Å²) in [5, 5.41) is 0. The second-order valence-electron chi connectivity index (χ2n) is 3.73. The van der Waals surface area contributed by atoms with Crippen LogP contribution in [-0.2, 0) is 6.61 Å². The number of hydrogen-bond acceptors (Lipinski definition) is 3. The highest BCUT2D eigenvalue weighted by Crippen LogP contribution is 2.22. The van der Waals surface area contributed by atoms with Gasteiger partial charge in [0.05, 0.1) is 11.3 Å². The van der Waals surface area contributed by atoms with E-state index in [2.05, 4.69) is 20.9 Å². The smallest absolute Gasteiger partial charge is 0.137 e. The van der Waals surface area contributed by atoms with E-state index >= 15 is 0 Å². The lowest BCUT2D eigenvalue weighted by molar-refractivity contribution is 0.299. The van der Waals surface area contributed by atoms with Crippen LogP contribution in [0, 0.1) is 5.82 Å². The van der Waals surface area contributed by atoms with E-state index in [4.69, 9.17) is 22.7 Å². The minimum atomic E-state index is -0.492. The van der Waals surface area contributed by atoms with Crippen molar-refractivity contribution in [3.05, 3.63) is 58.1 Å². The lowest BCUT2D eigenvalue weighted by atomic mass is 10.2. The zero-order chi connectivity index (χ0) is 13.8. The molecule has 6 heteroatoms. The maximum Gasteiger partial charge on any atom is 0.137 e. The van der Waals surface area contributed by atoms with Gasteiger partial charge < -0.3 is 10.5 Å². The standard InChI is InChI=1S/C13H10BrFN2OS/c14-8-4-5-9(17-6-8)7-18-11-3-1-2-10(15)12(11)13(16)19/h1-6H,7H2,(H2,16,19). The van der Waals surface area contributed by atoms with Crippen LogP contribution in [0.2, 0.25) is 0 Å². The predicted molar refractivity (Wildman–Crippen MR) is 78.6 cm³/mol. The van der Waals surface area contributed by atoms with Gasteiger partial charge in [-0.25, -0.2) is 4.39 Å². The third-order valence-electron chi connectivity index (χ3n) is 2.39. The summed E-state index contributed by atoms with van der Waals surface area (Å²) in [6.45, 7) is 0.215. The molecule has 0 bridgehead atoms. The lowest BCUT2D eigenvalue weighted by Gasteiger charge is -2.11. The van der Waals surface area contributed by atoms with Crippen LogP contribution in [0.25, 0.3) is 0 Å². The molecule has 3 nitrogen and oxygen atoms in total. The van der Waals surface area contributed by atoms with E-state index in [0.29, 0.717) is 5.75 Å².